The van der Waals surface area contributed by atoms with Crippen molar-refractivity contribution in [1.82, 2.24) is 0 Å². The third-order valence-corrected chi connectivity index (χ3v) is 4.88. The first-order valence-corrected chi connectivity index (χ1v) is 8.90. The third kappa shape index (κ3) is 3.82. The molecule has 1 saturated heterocycles. The maximum atomic E-state index is 12.6. The molecule has 1 N–H and O–H groups in total. The Labute approximate surface area is 153 Å². The average Bonchev–Trinajstić information content (AvgIpc) is 3.04. The molecule has 0 spiro atoms. The van der Waals surface area contributed by atoms with Gasteiger partial charge in [-0.25, -0.2) is 0 Å². The average molecular weight is 414 g/mol. The van der Waals surface area contributed by atoms with E-state index in [4.69, 9.17) is 23.2 Å². The van der Waals surface area contributed by atoms with E-state index in [0.717, 1.165) is 36.1 Å². The molecule has 1 amide bonds. The minimum absolute atomic E-state index is 0.251. The molecule has 0 aliphatic carbocycles. The highest BCUT2D eigenvalue weighted by Gasteiger charge is 2.19. The topological polar surface area (TPSA) is 32.3 Å². The van der Waals surface area contributed by atoms with Gasteiger partial charge in [0.25, 0.3) is 5.91 Å². The van der Waals surface area contributed by atoms with Crippen LogP contribution in [0.2, 0.25) is 10.0 Å². The summed E-state index contributed by atoms with van der Waals surface area (Å²) in [4.78, 5) is 14.8. The summed E-state index contributed by atoms with van der Waals surface area (Å²) in [6, 6.07) is 10.8. The number of benzene rings is 2. The zero-order valence-corrected chi connectivity index (χ0v) is 15.4. The Balaban J connectivity index is 1.91. The van der Waals surface area contributed by atoms with Gasteiger partial charge in [-0.05, 0) is 49.2 Å². The molecule has 1 fully saturated rings. The predicted molar refractivity (Wildman–Crippen MR) is 100 cm³/mol. The van der Waals surface area contributed by atoms with E-state index in [-0.39, 0.29) is 5.91 Å². The molecule has 0 radical (unpaired) electrons. The Morgan fingerprint density at radius 2 is 1.83 bits per heavy atom. The third-order valence-electron chi connectivity index (χ3n) is 3.83. The number of nitrogens with one attached hydrogen (secondary N) is 1. The fourth-order valence-electron chi connectivity index (χ4n) is 2.70. The summed E-state index contributed by atoms with van der Waals surface area (Å²) in [5.74, 6) is -0.251. The SMILES string of the molecule is O=C(Nc1cc(Cl)ccc1N1CCCC1)c1cc(Br)ccc1Cl. The molecule has 0 aromatic heterocycles. The van der Waals surface area contributed by atoms with Gasteiger partial charge in [0.15, 0.2) is 0 Å². The summed E-state index contributed by atoms with van der Waals surface area (Å²) < 4.78 is 0.804. The highest BCUT2D eigenvalue weighted by atomic mass is 79.9. The highest BCUT2D eigenvalue weighted by Crippen LogP contribution is 2.32. The van der Waals surface area contributed by atoms with E-state index in [1.54, 1.807) is 24.3 Å². The summed E-state index contributed by atoms with van der Waals surface area (Å²) in [6.45, 7) is 1.98. The van der Waals surface area contributed by atoms with Gasteiger partial charge in [0, 0.05) is 22.6 Å². The van der Waals surface area contributed by atoms with Crippen LogP contribution in [-0.2, 0) is 0 Å². The van der Waals surface area contributed by atoms with Crippen LogP contribution in [0.5, 0.6) is 0 Å². The van der Waals surface area contributed by atoms with Crippen LogP contribution in [0, 0.1) is 0 Å². The van der Waals surface area contributed by atoms with E-state index in [9.17, 15) is 4.79 Å². The number of nitrogens with zero attached hydrogens (tertiary/aromatic N) is 1. The van der Waals surface area contributed by atoms with Crippen molar-refractivity contribution in [3.63, 3.8) is 0 Å². The van der Waals surface area contributed by atoms with Gasteiger partial charge in [0.05, 0.1) is 22.0 Å². The van der Waals surface area contributed by atoms with E-state index >= 15 is 0 Å². The Morgan fingerprint density at radius 1 is 1.09 bits per heavy atom. The zero-order valence-electron chi connectivity index (χ0n) is 12.3. The molecule has 2 aromatic rings. The minimum Gasteiger partial charge on any atom is -0.370 e. The molecule has 0 saturated carbocycles. The van der Waals surface area contributed by atoms with Crippen LogP contribution in [0.15, 0.2) is 40.9 Å². The number of rotatable bonds is 3. The Bertz CT molecular complexity index is 745. The van der Waals surface area contributed by atoms with Crippen molar-refractivity contribution in [2.24, 2.45) is 0 Å². The quantitative estimate of drug-likeness (QED) is 0.709. The van der Waals surface area contributed by atoms with Gasteiger partial charge in [-0.3, -0.25) is 4.79 Å². The van der Waals surface area contributed by atoms with Gasteiger partial charge in [-0.2, -0.15) is 0 Å². The van der Waals surface area contributed by atoms with Crippen molar-refractivity contribution in [2.45, 2.75) is 12.8 Å². The summed E-state index contributed by atoms with van der Waals surface area (Å²) >= 11 is 15.6. The van der Waals surface area contributed by atoms with Gasteiger partial charge < -0.3 is 10.2 Å². The number of hydrogen-bond acceptors (Lipinski definition) is 2. The number of amides is 1. The smallest absolute Gasteiger partial charge is 0.257 e. The zero-order chi connectivity index (χ0) is 16.4. The molecule has 6 heteroatoms. The molecule has 1 heterocycles. The van der Waals surface area contributed by atoms with Gasteiger partial charge in [-0.15, -0.1) is 0 Å². The molecule has 3 rings (SSSR count). The molecule has 120 valence electrons. The summed E-state index contributed by atoms with van der Waals surface area (Å²) in [5, 5.41) is 3.94. The minimum atomic E-state index is -0.251. The van der Waals surface area contributed by atoms with E-state index in [1.807, 2.05) is 12.1 Å². The maximum absolute atomic E-state index is 12.6. The number of anilines is 2. The molecule has 0 unspecified atom stereocenters. The van der Waals surface area contributed by atoms with Crippen LogP contribution < -0.4 is 10.2 Å². The van der Waals surface area contributed by atoms with Crippen molar-refractivity contribution < 1.29 is 4.79 Å². The predicted octanol–water partition coefficient (Wildman–Crippen LogP) is 5.61. The van der Waals surface area contributed by atoms with Crippen molar-refractivity contribution >= 4 is 56.4 Å². The second kappa shape index (κ2) is 7.12. The summed E-state index contributed by atoms with van der Waals surface area (Å²) in [5.41, 5.74) is 2.13. The van der Waals surface area contributed by atoms with Crippen LogP contribution >= 0.6 is 39.1 Å². The van der Waals surface area contributed by atoms with Crippen molar-refractivity contribution in [1.29, 1.82) is 0 Å². The molecule has 1 aliphatic rings. The maximum Gasteiger partial charge on any atom is 0.257 e. The van der Waals surface area contributed by atoms with Crippen LogP contribution in [0.3, 0.4) is 0 Å². The lowest BCUT2D eigenvalue weighted by Gasteiger charge is -2.22. The number of halogens is 3. The lowest BCUT2D eigenvalue weighted by atomic mass is 10.2. The van der Waals surface area contributed by atoms with Gasteiger partial charge in [0.1, 0.15) is 0 Å². The fourth-order valence-corrected chi connectivity index (χ4v) is 3.44. The summed E-state index contributed by atoms with van der Waals surface area (Å²) in [6.07, 6.45) is 2.32. The second-order valence-electron chi connectivity index (χ2n) is 5.43. The molecule has 0 bridgehead atoms. The highest BCUT2D eigenvalue weighted by molar-refractivity contribution is 9.10. The normalized spacial score (nSPS) is 14.1. The molecule has 23 heavy (non-hydrogen) atoms. The van der Waals surface area contributed by atoms with Crippen LogP contribution in [-0.4, -0.2) is 19.0 Å². The number of hydrogen-bond donors (Lipinski definition) is 1. The van der Waals surface area contributed by atoms with E-state index < -0.39 is 0 Å². The summed E-state index contributed by atoms with van der Waals surface area (Å²) in [7, 11) is 0. The monoisotopic (exact) mass is 412 g/mol. The lowest BCUT2D eigenvalue weighted by Crippen LogP contribution is -2.21. The van der Waals surface area contributed by atoms with E-state index in [1.165, 1.54) is 0 Å². The van der Waals surface area contributed by atoms with Crippen LogP contribution in [0.4, 0.5) is 11.4 Å². The van der Waals surface area contributed by atoms with Gasteiger partial charge in [0.2, 0.25) is 0 Å². The molecule has 0 atom stereocenters. The van der Waals surface area contributed by atoms with Crippen molar-refractivity contribution in [2.75, 3.05) is 23.3 Å². The first kappa shape index (κ1) is 16.6. The van der Waals surface area contributed by atoms with Crippen molar-refractivity contribution in [3.8, 4) is 0 Å². The number of carbonyl (C=O) groups is 1. The second-order valence-corrected chi connectivity index (χ2v) is 7.19. The Kier molecular flexibility index (Phi) is 5.14. The standard InChI is InChI=1S/C17H15BrCl2N2O/c18-11-3-5-14(20)13(9-11)17(23)21-15-10-12(19)4-6-16(15)22-7-1-2-8-22/h3-6,9-10H,1-2,7-8H2,(H,21,23). The lowest BCUT2D eigenvalue weighted by molar-refractivity contribution is 0.102. The van der Waals surface area contributed by atoms with E-state index in [0.29, 0.717) is 21.3 Å². The molecular formula is C17H15BrCl2N2O. The van der Waals surface area contributed by atoms with Crippen molar-refractivity contribution in [3.05, 3.63) is 56.5 Å². The fraction of sp³-hybridized carbons (Fsp3) is 0.235. The molecule has 1 aliphatic heterocycles. The first-order chi connectivity index (χ1) is 11.0. The molecule has 3 nitrogen and oxygen atoms in total. The number of carbonyl (C=O) groups excluding carboxylic acids is 1. The van der Waals surface area contributed by atoms with Crippen LogP contribution in [0.1, 0.15) is 23.2 Å². The van der Waals surface area contributed by atoms with Gasteiger partial charge >= 0.3 is 0 Å². The molecule has 2 aromatic carbocycles. The van der Waals surface area contributed by atoms with Gasteiger partial charge in [-0.1, -0.05) is 39.1 Å². The Hall–Kier alpha value is -1.23. The van der Waals surface area contributed by atoms with E-state index in [2.05, 4.69) is 26.1 Å². The first-order valence-electron chi connectivity index (χ1n) is 7.35. The largest absolute Gasteiger partial charge is 0.370 e. The molecular weight excluding hydrogens is 399 g/mol. The van der Waals surface area contributed by atoms with Crippen LogP contribution in [0.25, 0.3) is 0 Å². The Morgan fingerprint density at radius 3 is 2.57 bits per heavy atom.